The smallest absolute Gasteiger partial charge is 0.169 e. The largest absolute Gasteiger partial charge is 0.355 e. The van der Waals surface area contributed by atoms with E-state index in [4.69, 9.17) is 21.1 Å². The van der Waals surface area contributed by atoms with E-state index in [0.717, 1.165) is 10.6 Å². The maximum absolute atomic E-state index is 6.10. The molecule has 0 spiro atoms. The second-order valence-electron chi connectivity index (χ2n) is 3.55. The molecule has 90 valence electrons. The number of hydrogen-bond acceptors (Lipinski definition) is 3. The fraction of sp³-hybridized carbons (Fsp3) is 0.500. The van der Waals surface area contributed by atoms with Crippen LogP contribution >= 0.6 is 11.6 Å². The first-order valence-corrected chi connectivity index (χ1v) is 5.60. The van der Waals surface area contributed by atoms with Gasteiger partial charge in [-0.2, -0.15) is 0 Å². The molecule has 0 heterocycles. The fourth-order valence-electron chi connectivity index (χ4n) is 1.47. The van der Waals surface area contributed by atoms with Crippen molar-refractivity contribution < 1.29 is 9.47 Å². The Morgan fingerprint density at radius 1 is 1.25 bits per heavy atom. The zero-order chi connectivity index (χ0) is 12.0. The quantitative estimate of drug-likeness (QED) is 0.780. The van der Waals surface area contributed by atoms with Crippen molar-refractivity contribution in [3.63, 3.8) is 0 Å². The van der Waals surface area contributed by atoms with Crippen molar-refractivity contribution in [1.29, 1.82) is 0 Å². The molecule has 1 N–H and O–H groups in total. The highest BCUT2D eigenvalue weighted by atomic mass is 35.5. The van der Waals surface area contributed by atoms with Gasteiger partial charge in [0.2, 0.25) is 0 Å². The van der Waals surface area contributed by atoms with Gasteiger partial charge in [-0.1, -0.05) is 29.8 Å². The van der Waals surface area contributed by atoms with Crippen molar-refractivity contribution in [2.24, 2.45) is 0 Å². The van der Waals surface area contributed by atoms with Gasteiger partial charge in [0.1, 0.15) is 0 Å². The van der Waals surface area contributed by atoms with Crippen LogP contribution in [0.25, 0.3) is 0 Å². The first-order valence-electron chi connectivity index (χ1n) is 5.22. The van der Waals surface area contributed by atoms with E-state index >= 15 is 0 Å². The van der Waals surface area contributed by atoms with E-state index in [-0.39, 0.29) is 12.3 Å². The molecule has 0 aliphatic heterocycles. The first kappa shape index (κ1) is 13.5. The summed E-state index contributed by atoms with van der Waals surface area (Å²) >= 11 is 6.10. The number of ether oxygens (including phenoxy) is 2. The number of hydrogen-bond donors (Lipinski definition) is 1. The Hall–Kier alpha value is -0.610. The molecule has 0 radical (unpaired) electrons. The van der Waals surface area contributed by atoms with Crippen molar-refractivity contribution in [3.05, 3.63) is 34.9 Å². The van der Waals surface area contributed by atoms with Crippen LogP contribution in [0.4, 0.5) is 0 Å². The molecule has 0 aromatic heterocycles. The molecule has 1 aromatic carbocycles. The maximum atomic E-state index is 6.10. The van der Waals surface area contributed by atoms with E-state index in [1.807, 2.05) is 24.3 Å². The van der Waals surface area contributed by atoms with Crippen LogP contribution in [0.3, 0.4) is 0 Å². The number of halogens is 1. The number of rotatable bonds is 6. The minimum Gasteiger partial charge on any atom is -0.355 e. The number of benzene rings is 1. The molecule has 1 rings (SSSR count). The van der Waals surface area contributed by atoms with Gasteiger partial charge in [0.15, 0.2) is 6.29 Å². The van der Waals surface area contributed by atoms with Gasteiger partial charge in [-0.25, -0.2) is 0 Å². The molecular formula is C12H18ClNO2. The second-order valence-corrected chi connectivity index (χ2v) is 3.96. The fourth-order valence-corrected chi connectivity index (χ4v) is 1.77. The summed E-state index contributed by atoms with van der Waals surface area (Å²) in [6.07, 6.45) is -0.232. The molecule has 0 saturated carbocycles. The predicted octanol–water partition coefficient (Wildman–Crippen LogP) is 2.61. The molecule has 3 nitrogen and oxygen atoms in total. The zero-order valence-electron chi connectivity index (χ0n) is 9.87. The van der Waals surface area contributed by atoms with Crippen molar-refractivity contribution >= 4 is 11.6 Å². The predicted molar refractivity (Wildman–Crippen MR) is 65.7 cm³/mol. The van der Waals surface area contributed by atoms with Crippen molar-refractivity contribution in [2.75, 3.05) is 20.8 Å². The van der Waals surface area contributed by atoms with Gasteiger partial charge in [0.25, 0.3) is 0 Å². The second kappa shape index (κ2) is 6.86. The molecule has 0 bridgehead atoms. The Balaban J connectivity index is 2.52. The standard InChI is InChI=1S/C12H18ClNO2/c1-9(14-8-12(15-2)16-3)10-6-4-5-7-11(10)13/h4-7,9,12,14H,8H2,1-3H3. The lowest BCUT2D eigenvalue weighted by atomic mass is 10.1. The topological polar surface area (TPSA) is 30.5 Å². The normalized spacial score (nSPS) is 13.1. The minimum atomic E-state index is -0.232. The molecule has 0 fully saturated rings. The Kier molecular flexibility index (Phi) is 5.77. The third kappa shape index (κ3) is 3.76. The average Bonchev–Trinajstić information content (AvgIpc) is 2.30. The van der Waals surface area contributed by atoms with Gasteiger partial charge in [0.05, 0.1) is 0 Å². The number of nitrogens with one attached hydrogen (secondary N) is 1. The van der Waals surface area contributed by atoms with Crippen LogP contribution in [0.5, 0.6) is 0 Å². The Morgan fingerprint density at radius 2 is 1.88 bits per heavy atom. The summed E-state index contributed by atoms with van der Waals surface area (Å²) in [4.78, 5) is 0. The van der Waals surface area contributed by atoms with Crippen molar-refractivity contribution in [1.82, 2.24) is 5.32 Å². The molecule has 4 heteroatoms. The van der Waals surface area contributed by atoms with E-state index in [9.17, 15) is 0 Å². The first-order chi connectivity index (χ1) is 7.69. The molecule has 0 saturated heterocycles. The highest BCUT2D eigenvalue weighted by molar-refractivity contribution is 6.31. The van der Waals surface area contributed by atoms with Crippen molar-refractivity contribution in [2.45, 2.75) is 19.3 Å². The molecule has 0 aliphatic carbocycles. The van der Waals surface area contributed by atoms with Gasteiger partial charge >= 0.3 is 0 Å². The average molecular weight is 244 g/mol. The van der Waals surface area contributed by atoms with Gasteiger partial charge in [0, 0.05) is 31.8 Å². The highest BCUT2D eigenvalue weighted by Crippen LogP contribution is 2.21. The van der Waals surface area contributed by atoms with Gasteiger partial charge in [-0.15, -0.1) is 0 Å². The Labute approximate surface area is 102 Å². The van der Waals surface area contributed by atoms with E-state index in [1.165, 1.54) is 0 Å². The lowest BCUT2D eigenvalue weighted by Gasteiger charge is -2.19. The van der Waals surface area contributed by atoms with Crippen molar-refractivity contribution in [3.8, 4) is 0 Å². The third-order valence-corrected chi connectivity index (χ3v) is 2.83. The summed E-state index contributed by atoms with van der Waals surface area (Å²) in [6.45, 7) is 2.68. The summed E-state index contributed by atoms with van der Waals surface area (Å²) in [5, 5.41) is 4.08. The summed E-state index contributed by atoms with van der Waals surface area (Å²) < 4.78 is 10.2. The lowest BCUT2D eigenvalue weighted by Crippen LogP contribution is -2.31. The highest BCUT2D eigenvalue weighted by Gasteiger charge is 2.11. The molecule has 1 aromatic rings. The maximum Gasteiger partial charge on any atom is 0.169 e. The van der Waals surface area contributed by atoms with Crippen LogP contribution in [0.2, 0.25) is 5.02 Å². The summed E-state index contributed by atoms with van der Waals surface area (Å²) in [6, 6.07) is 7.96. The van der Waals surface area contributed by atoms with Crippen LogP contribution in [-0.4, -0.2) is 27.1 Å². The van der Waals surface area contributed by atoms with Crippen LogP contribution in [0, 0.1) is 0 Å². The number of methoxy groups -OCH3 is 2. The van der Waals surface area contributed by atoms with Gasteiger partial charge < -0.3 is 14.8 Å². The molecule has 16 heavy (non-hydrogen) atoms. The Morgan fingerprint density at radius 3 is 2.44 bits per heavy atom. The lowest BCUT2D eigenvalue weighted by molar-refractivity contribution is -0.0997. The zero-order valence-corrected chi connectivity index (χ0v) is 10.6. The molecular weight excluding hydrogens is 226 g/mol. The SMILES string of the molecule is COC(CNC(C)c1ccccc1Cl)OC. The Bertz CT molecular complexity index is 316. The summed E-state index contributed by atoms with van der Waals surface area (Å²) in [5.74, 6) is 0. The van der Waals surface area contributed by atoms with Crippen LogP contribution < -0.4 is 5.32 Å². The summed E-state index contributed by atoms with van der Waals surface area (Å²) in [5.41, 5.74) is 1.08. The minimum absolute atomic E-state index is 0.168. The molecule has 0 aliphatic rings. The van der Waals surface area contributed by atoms with E-state index in [2.05, 4.69) is 12.2 Å². The van der Waals surface area contributed by atoms with E-state index < -0.39 is 0 Å². The molecule has 1 unspecified atom stereocenters. The monoisotopic (exact) mass is 243 g/mol. The van der Waals surface area contributed by atoms with Crippen LogP contribution in [-0.2, 0) is 9.47 Å². The summed E-state index contributed by atoms with van der Waals surface area (Å²) in [7, 11) is 3.24. The van der Waals surface area contributed by atoms with E-state index in [1.54, 1.807) is 14.2 Å². The van der Waals surface area contributed by atoms with Crippen LogP contribution in [0.15, 0.2) is 24.3 Å². The molecule has 1 atom stereocenters. The van der Waals surface area contributed by atoms with E-state index in [0.29, 0.717) is 6.54 Å². The van der Waals surface area contributed by atoms with Crippen LogP contribution in [0.1, 0.15) is 18.5 Å². The third-order valence-electron chi connectivity index (χ3n) is 2.49. The molecule has 0 amide bonds. The van der Waals surface area contributed by atoms with Gasteiger partial charge in [-0.3, -0.25) is 0 Å². The van der Waals surface area contributed by atoms with Gasteiger partial charge in [-0.05, 0) is 18.6 Å².